The molecule has 4 rings (SSSR count). The Kier molecular flexibility index (Phi) is 4.80. The SMILES string of the molecule is NC(=O)/C(=C/n1cnc(-c2cc(C3CC3)nc(C(F)(F)F)c2)n1)c1ccncc1F. The van der Waals surface area contributed by atoms with Crippen LogP contribution in [0.15, 0.2) is 36.9 Å². The molecular formula is C19H14F4N6O. The predicted molar refractivity (Wildman–Crippen MR) is 97.8 cm³/mol. The van der Waals surface area contributed by atoms with Crippen LogP contribution >= 0.6 is 0 Å². The minimum Gasteiger partial charge on any atom is -0.366 e. The fraction of sp³-hybridized carbons (Fsp3) is 0.211. The van der Waals surface area contributed by atoms with Crippen LogP contribution in [0.25, 0.3) is 23.2 Å². The molecular weight excluding hydrogens is 404 g/mol. The van der Waals surface area contributed by atoms with E-state index in [2.05, 4.69) is 20.1 Å². The number of aromatic nitrogens is 5. The van der Waals surface area contributed by atoms with Crippen LogP contribution < -0.4 is 5.73 Å². The molecule has 11 heteroatoms. The molecule has 1 amide bonds. The van der Waals surface area contributed by atoms with Gasteiger partial charge in [0.05, 0.1) is 11.8 Å². The second kappa shape index (κ2) is 7.32. The number of rotatable bonds is 5. The zero-order chi connectivity index (χ0) is 21.5. The van der Waals surface area contributed by atoms with E-state index in [1.165, 1.54) is 24.7 Å². The average Bonchev–Trinajstić information content (AvgIpc) is 3.44. The molecule has 1 aliphatic rings. The standard InChI is InChI=1S/C19H14F4N6O/c20-14-7-25-4-3-12(14)13(17(24)30)8-29-9-26-18(28-29)11-5-15(10-1-2-10)27-16(6-11)19(21,22)23/h3-10H,1-2H2,(H2,24,30)/b13-8+. The monoisotopic (exact) mass is 418 g/mol. The summed E-state index contributed by atoms with van der Waals surface area (Å²) >= 11 is 0. The Morgan fingerprint density at radius 1 is 1.27 bits per heavy atom. The second-order valence-electron chi connectivity index (χ2n) is 6.75. The molecule has 1 saturated carbocycles. The number of hydrogen-bond acceptors (Lipinski definition) is 5. The van der Waals surface area contributed by atoms with Crippen LogP contribution in [0.1, 0.15) is 35.7 Å². The van der Waals surface area contributed by atoms with E-state index in [1.54, 1.807) is 0 Å². The van der Waals surface area contributed by atoms with Crippen molar-refractivity contribution in [2.24, 2.45) is 5.73 Å². The summed E-state index contributed by atoms with van der Waals surface area (Å²) in [4.78, 5) is 23.1. The molecule has 154 valence electrons. The lowest BCUT2D eigenvalue weighted by molar-refractivity contribution is -0.141. The molecule has 0 aliphatic heterocycles. The number of pyridine rings is 2. The zero-order valence-electron chi connectivity index (χ0n) is 15.3. The van der Waals surface area contributed by atoms with Crippen molar-refractivity contribution in [1.82, 2.24) is 24.7 Å². The van der Waals surface area contributed by atoms with Gasteiger partial charge in [-0.25, -0.2) is 19.0 Å². The fourth-order valence-corrected chi connectivity index (χ4v) is 2.88. The van der Waals surface area contributed by atoms with Gasteiger partial charge in [0.1, 0.15) is 17.8 Å². The Morgan fingerprint density at radius 2 is 2.03 bits per heavy atom. The highest BCUT2D eigenvalue weighted by molar-refractivity contribution is 6.22. The van der Waals surface area contributed by atoms with Crippen LogP contribution in [0.5, 0.6) is 0 Å². The fourth-order valence-electron chi connectivity index (χ4n) is 2.88. The molecule has 0 atom stereocenters. The number of amides is 1. The first kappa shape index (κ1) is 19.7. The van der Waals surface area contributed by atoms with Gasteiger partial charge in [-0.15, -0.1) is 5.10 Å². The number of nitrogens with two attached hydrogens (primary N) is 1. The van der Waals surface area contributed by atoms with Crippen LogP contribution in [0.2, 0.25) is 0 Å². The first-order valence-corrected chi connectivity index (χ1v) is 8.84. The maximum Gasteiger partial charge on any atom is 0.433 e. The molecule has 1 aliphatic carbocycles. The van der Waals surface area contributed by atoms with Gasteiger partial charge in [0.2, 0.25) is 0 Å². The number of hydrogen-bond donors (Lipinski definition) is 1. The van der Waals surface area contributed by atoms with Crippen LogP contribution in [0.4, 0.5) is 17.6 Å². The molecule has 3 aromatic heterocycles. The minimum atomic E-state index is -4.61. The Hall–Kier alpha value is -3.63. The summed E-state index contributed by atoms with van der Waals surface area (Å²) in [5.74, 6) is -1.69. The summed E-state index contributed by atoms with van der Waals surface area (Å²) in [6.07, 6.45) is 1.48. The molecule has 30 heavy (non-hydrogen) atoms. The Morgan fingerprint density at radius 3 is 2.67 bits per heavy atom. The van der Waals surface area contributed by atoms with Gasteiger partial charge >= 0.3 is 6.18 Å². The van der Waals surface area contributed by atoms with Crippen LogP contribution in [0.3, 0.4) is 0 Å². The number of carbonyl (C=O) groups is 1. The number of carbonyl (C=O) groups excluding carboxylic acids is 1. The van der Waals surface area contributed by atoms with E-state index < -0.39 is 23.6 Å². The topological polar surface area (TPSA) is 99.6 Å². The second-order valence-corrected chi connectivity index (χ2v) is 6.75. The summed E-state index contributed by atoms with van der Waals surface area (Å²) in [5, 5.41) is 4.09. The largest absolute Gasteiger partial charge is 0.433 e. The summed E-state index contributed by atoms with van der Waals surface area (Å²) in [6.45, 7) is 0. The summed E-state index contributed by atoms with van der Waals surface area (Å²) in [7, 11) is 0. The third kappa shape index (κ3) is 4.04. The maximum absolute atomic E-state index is 14.0. The molecule has 0 unspecified atom stereocenters. The highest BCUT2D eigenvalue weighted by Crippen LogP contribution is 2.41. The van der Waals surface area contributed by atoms with Gasteiger partial charge in [0, 0.05) is 35.1 Å². The molecule has 3 aromatic rings. The zero-order valence-corrected chi connectivity index (χ0v) is 15.3. The molecule has 2 N–H and O–H groups in total. The van der Waals surface area contributed by atoms with Crippen molar-refractivity contribution in [3.05, 3.63) is 59.7 Å². The van der Waals surface area contributed by atoms with E-state index in [-0.39, 0.29) is 28.4 Å². The van der Waals surface area contributed by atoms with Crippen molar-refractivity contribution in [2.45, 2.75) is 24.9 Å². The lowest BCUT2D eigenvalue weighted by Crippen LogP contribution is -2.15. The van der Waals surface area contributed by atoms with Gasteiger partial charge in [-0.1, -0.05) is 0 Å². The van der Waals surface area contributed by atoms with Gasteiger partial charge in [-0.2, -0.15) is 13.2 Å². The third-order valence-electron chi connectivity index (χ3n) is 4.49. The minimum absolute atomic E-state index is 0.0000655. The molecule has 3 heterocycles. The predicted octanol–water partition coefficient (Wildman–Crippen LogP) is 3.25. The van der Waals surface area contributed by atoms with Crippen molar-refractivity contribution in [3.63, 3.8) is 0 Å². The molecule has 0 aromatic carbocycles. The van der Waals surface area contributed by atoms with E-state index in [4.69, 9.17) is 5.73 Å². The highest BCUT2D eigenvalue weighted by Gasteiger charge is 2.35. The smallest absolute Gasteiger partial charge is 0.366 e. The Labute approximate surface area is 167 Å². The van der Waals surface area contributed by atoms with E-state index in [0.29, 0.717) is 5.69 Å². The van der Waals surface area contributed by atoms with Gasteiger partial charge < -0.3 is 5.73 Å². The van der Waals surface area contributed by atoms with Gasteiger partial charge in [0.15, 0.2) is 5.82 Å². The summed E-state index contributed by atoms with van der Waals surface area (Å²) in [6, 6.07) is 3.66. The van der Waals surface area contributed by atoms with E-state index in [9.17, 15) is 22.4 Å². The lowest BCUT2D eigenvalue weighted by atomic mass is 10.1. The van der Waals surface area contributed by atoms with Crippen LogP contribution in [0, 0.1) is 5.82 Å². The van der Waals surface area contributed by atoms with Gasteiger partial charge in [-0.05, 0) is 31.0 Å². The van der Waals surface area contributed by atoms with Gasteiger partial charge in [0.25, 0.3) is 5.91 Å². The van der Waals surface area contributed by atoms with E-state index in [1.807, 2.05) is 0 Å². The maximum atomic E-state index is 14.0. The summed E-state index contributed by atoms with van der Waals surface area (Å²) < 4.78 is 54.8. The number of halogens is 4. The van der Waals surface area contributed by atoms with Crippen molar-refractivity contribution < 1.29 is 22.4 Å². The molecule has 1 fully saturated rings. The highest BCUT2D eigenvalue weighted by atomic mass is 19.4. The van der Waals surface area contributed by atoms with Crippen molar-refractivity contribution in [2.75, 3.05) is 0 Å². The first-order chi connectivity index (χ1) is 14.2. The quantitative estimate of drug-likeness (QED) is 0.507. The van der Waals surface area contributed by atoms with E-state index >= 15 is 0 Å². The molecule has 0 saturated heterocycles. The van der Waals surface area contributed by atoms with Gasteiger partial charge in [-0.3, -0.25) is 9.78 Å². The normalized spacial score (nSPS) is 14.7. The lowest BCUT2D eigenvalue weighted by Gasteiger charge is -2.09. The van der Waals surface area contributed by atoms with Crippen molar-refractivity contribution in [3.8, 4) is 11.4 Å². The van der Waals surface area contributed by atoms with Crippen molar-refractivity contribution >= 4 is 17.7 Å². The molecule has 0 bridgehead atoms. The third-order valence-corrected chi connectivity index (χ3v) is 4.49. The Bertz CT molecular complexity index is 1150. The van der Waals surface area contributed by atoms with Crippen LogP contribution in [-0.4, -0.2) is 30.6 Å². The number of alkyl halides is 3. The van der Waals surface area contributed by atoms with Crippen LogP contribution in [-0.2, 0) is 11.0 Å². The number of nitrogens with zero attached hydrogens (tertiary/aromatic N) is 5. The molecule has 0 spiro atoms. The number of primary amides is 1. The average molecular weight is 418 g/mol. The first-order valence-electron chi connectivity index (χ1n) is 8.84. The van der Waals surface area contributed by atoms with Crippen molar-refractivity contribution in [1.29, 1.82) is 0 Å². The molecule has 7 nitrogen and oxygen atoms in total. The molecule has 0 radical (unpaired) electrons. The Balaban J connectivity index is 1.74. The van der Waals surface area contributed by atoms with E-state index in [0.717, 1.165) is 36.0 Å². The summed E-state index contributed by atoms with van der Waals surface area (Å²) in [5.41, 5.74) is 4.51.